The number of sulfonamides is 1. The van der Waals surface area contributed by atoms with E-state index in [-0.39, 0.29) is 18.4 Å². The van der Waals surface area contributed by atoms with E-state index in [0.29, 0.717) is 11.4 Å². The van der Waals surface area contributed by atoms with Gasteiger partial charge in [-0.1, -0.05) is 12.1 Å². The van der Waals surface area contributed by atoms with E-state index in [9.17, 15) is 8.42 Å². The number of hydrogen-bond acceptors (Lipinski definition) is 5. The molecular weight excluding hydrogens is 284 g/mol. The zero-order valence-corrected chi connectivity index (χ0v) is 12.8. The monoisotopic (exact) mass is 304 g/mol. The number of ether oxygens (including phenoxy) is 1. The Morgan fingerprint density at radius 1 is 1.42 bits per heavy atom. The molecule has 0 bridgehead atoms. The molecule has 19 heavy (non-hydrogen) atoms. The van der Waals surface area contributed by atoms with Crippen LogP contribution in [0.25, 0.3) is 0 Å². The zero-order chi connectivity index (χ0) is 14.3. The smallest absolute Gasteiger partial charge is 0.215 e. The Hall–Kier alpha value is -0.920. The third kappa shape index (κ3) is 6.17. The van der Waals surface area contributed by atoms with E-state index in [2.05, 4.69) is 4.72 Å². The summed E-state index contributed by atoms with van der Waals surface area (Å²) in [6.07, 6.45) is 1.94. The summed E-state index contributed by atoms with van der Waals surface area (Å²) in [5, 5.41) is 0. The molecule has 1 aromatic rings. The second-order valence-corrected chi connectivity index (χ2v) is 6.96. The third-order valence-electron chi connectivity index (χ3n) is 2.33. The fraction of sp³-hybridized carbons (Fsp3) is 0.500. The van der Waals surface area contributed by atoms with Crippen molar-refractivity contribution in [2.45, 2.75) is 13.0 Å². The van der Waals surface area contributed by atoms with Crippen molar-refractivity contribution in [2.24, 2.45) is 0 Å². The molecule has 7 heteroatoms. The predicted molar refractivity (Wildman–Crippen MR) is 81.1 cm³/mol. The highest BCUT2D eigenvalue weighted by Gasteiger charge is 2.14. The molecule has 0 saturated heterocycles. The molecule has 5 nitrogen and oxygen atoms in total. The van der Waals surface area contributed by atoms with Gasteiger partial charge in [-0.05, 0) is 25.3 Å². The molecule has 0 aliphatic carbocycles. The molecule has 0 aromatic heterocycles. The fourth-order valence-electron chi connectivity index (χ4n) is 1.52. The topological polar surface area (TPSA) is 81.4 Å². The Morgan fingerprint density at radius 2 is 2.11 bits per heavy atom. The lowest BCUT2D eigenvalue weighted by molar-refractivity contribution is 0.342. The second kappa shape index (κ2) is 7.62. The van der Waals surface area contributed by atoms with Gasteiger partial charge in [-0.2, -0.15) is 11.8 Å². The lowest BCUT2D eigenvalue weighted by Gasteiger charge is -2.13. The Balaban J connectivity index is 2.42. The van der Waals surface area contributed by atoms with Gasteiger partial charge < -0.3 is 10.5 Å². The van der Waals surface area contributed by atoms with E-state index in [1.54, 1.807) is 36.0 Å². The quantitative estimate of drug-likeness (QED) is 0.708. The van der Waals surface area contributed by atoms with Crippen LogP contribution in [0.3, 0.4) is 0 Å². The van der Waals surface area contributed by atoms with Crippen LogP contribution in [0, 0.1) is 0 Å². The van der Waals surface area contributed by atoms with E-state index >= 15 is 0 Å². The van der Waals surface area contributed by atoms with Gasteiger partial charge in [0.1, 0.15) is 12.4 Å². The van der Waals surface area contributed by atoms with E-state index in [4.69, 9.17) is 10.5 Å². The number of nitrogen functional groups attached to an aromatic ring is 1. The van der Waals surface area contributed by atoms with E-state index < -0.39 is 10.0 Å². The number of hydrogen-bond donors (Lipinski definition) is 2. The molecule has 1 atom stereocenters. The Bertz CT molecular complexity index is 492. The summed E-state index contributed by atoms with van der Waals surface area (Å²) in [7, 11) is -3.32. The number of nitrogens with two attached hydrogens (primary N) is 1. The molecule has 3 N–H and O–H groups in total. The Labute approximate surface area is 119 Å². The average molecular weight is 304 g/mol. The first-order valence-electron chi connectivity index (χ1n) is 5.91. The highest BCUT2D eigenvalue weighted by molar-refractivity contribution is 7.98. The third-order valence-corrected chi connectivity index (χ3v) is 4.62. The molecular formula is C12H20N2O3S2. The van der Waals surface area contributed by atoms with Crippen molar-refractivity contribution in [1.29, 1.82) is 0 Å². The number of rotatable bonds is 8. The molecule has 0 heterocycles. The molecule has 1 aromatic carbocycles. The van der Waals surface area contributed by atoms with Gasteiger partial charge in [0.05, 0.1) is 11.4 Å². The summed E-state index contributed by atoms with van der Waals surface area (Å²) < 4.78 is 31.5. The lowest BCUT2D eigenvalue weighted by atomic mass is 10.3. The molecule has 0 spiro atoms. The van der Waals surface area contributed by atoms with E-state index in [1.165, 1.54) is 0 Å². The van der Waals surface area contributed by atoms with Gasteiger partial charge in [0.2, 0.25) is 10.0 Å². The lowest BCUT2D eigenvalue weighted by Crippen LogP contribution is -2.37. The maximum atomic E-state index is 11.8. The minimum Gasteiger partial charge on any atom is -0.490 e. The van der Waals surface area contributed by atoms with Crippen LogP contribution in [-0.4, -0.2) is 38.8 Å². The van der Waals surface area contributed by atoms with Crippen molar-refractivity contribution in [2.75, 3.05) is 30.1 Å². The van der Waals surface area contributed by atoms with Gasteiger partial charge in [0.15, 0.2) is 0 Å². The summed E-state index contributed by atoms with van der Waals surface area (Å²) in [6.45, 7) is 1.92. The highest BCUT2D eigenvalue weighted by Crippen LogP contribution is 2.19. The summed E-state index contributed by atoms with van der Waals surface area (Å²) in [6, 6.07) is 6.93. The minimum absolute atomic E-state index is 0.0789. The summed E-state index contributed by atoms with van der Waals surface area (Å²) in [5.74, 6) is 1.17. The van der Waals surface area contributed by atoms with Crippen LogP contribution in [0.2, 0.25) is 0 Å². The number of thioether (sulfide) groups is 1. The highest BCUT2D eigenvalue weighted by atomic mass is 32.2. The van der Waals surface area contributed by atoms with Crippen LogP contribution in [0.5, 0.6) is 5.75 Å². The number of anilines is 1. The molecule has 0 fully saturated rings. The first-order valence-corrected chi connectivity index (χ1v) is 8.95. The Morgan fingerprint density at radius 3 is 2.74 bits per heavy atom. The predicted octanol–water partition coefficient (Wildman–Crippen LogP) is 1.32. The van der Waals surface area contributed by atoms with Crippen molar-refractivity contribution >= 4 is 27.5 Å². The van der Waals surface area contributed by atoms with Gasteiger partial charge in [-0.3, -0.25) is 0 Å². The first-order chi connectivity index (χ1) is 8.94. The summed E-state index contributed by atoms with van der Waals surface area (Å²) in [4.78, 5) is 0. The molecule has 1 rings (SSSR count). The summed E-state index contributed by atoms with van der Waals surface area (Å²) in [5.41, 5.74) is 6.20. The van der Waals surface area contributed by atoms with Gasteiger partial charge in [-0.15, -0.1) is 0 Å². The van der Waals surface area contributed by atoms with Crippen LogP contribution in [-0.2, 0) is 10.0 Å². The van der Waals surface area contributed by atoms with E-state index in [1.807, 2.05) is 13.2 Å². The van der Waals surface area contributed by atoms with Crippen molar-refractivity contribution in [1.82, 2.24) is 4.72 Å². The minimum atomic E-state index is -3.32. The van der Waals surface area contributed by atoms with Gasteiger partial charge >= 0.3 is 0 Å². The normalized spacial score (nSPS) is 13.2. The average Bonchev–Trinajstić information content (AvgIpc) is 2.31. The van der Waals surface area contributed by atoms with Gasteiger partial charge in [0.25, 0.3) is 0 Å². The fourth-order valence-corrected chi connectivity index (χ4v) is 3.33. The maximum Gasteiger partial charge on any atom is 0.215 e. The first kappa shape index (κ1) is 16.1. The molecule has 1 unspecified atom stereocenters. The molecule has 0 saturated carbocycles. The van der Waals surface area contributed by atoms with Crippen LogP contribution >= 0.6 is 11.8 Å². The van der Waals surface area contributed by atoms with Crippen molar-refractivity contribution in [3.8, 4) is 5.75 Å². The molecule has 0 amide bonds. The SMILES string of the molecule is CSCC(C)NS(=O)(=O)CCOc1ccccc1N. The number of para-hydroxylation sites is 2. The maximum absolute atomic E-state index is 11.8. The zero-order valence-electron chi connectivity index (χ0n) is 11.1. The van der Waals surface area contributed by atoms with Crippen LogP contribution in [0.15, 0.2) is 24.3 Å². The van der Waals surface area contributed by atoms with Gasteiger partial charge in [0, 0.05) is 11.8 Å². The van der Waals surface area contributed by atoms with E-state index in [0.717, 1.165) is 5.75 Å². The standard InChI is InChI=1S/C12H20N2O3S2/c1-10(9-18-2)14-19(15,16)8-7-17-12-6-4-3-5-11(12)13/h3-6,10,14H,7-9,13H2,1-2H3. The number of nitrogens with one attached hydrogen (secondary N) is 1. The molecule has 0 aliphatic heterocycles. The van der Waals surface area contributed by atoms with Crippen LogP contribution in [0.1, 0.15) is 6.92 Å². The summed E-state index contributed by atoms with van der Waals surface area (Å²) >= 11 is 1.60. The van der Waals surface area contributed by atoms with Crippen molar-refractivity contribution < 1.29 is 13.2 Å². The second-order valence-electron chi connectivity index (χ2n) is 4.18. The van der Waals surface area contributed by atoms with Gasteiger partial charge in [-0.25, -0.2) is 13.1 Å². The van der Waals surface area contributed by atoms with Crippen molar-refractivity contribution in [3.63, 3.8) is 0 Å². The number of benzene rings is 1. The molecule has 0 aliphatic rings. The Kier molecular flexibility index (Phi) is 6.47. The van der Waals surface area contributed by atoms with Crippen molar-refractivity contribution in [3.05, 3.63) is 24.3 Å². The van der Waals surface area contributed by atoms with Crippen LogP contribution in [0.4, 0.5) is 5.69 Å². The molecule has 0 radical (unpaired) electrons. The largest absolute Gasteiger partial charge is 0.490 e. The molecule has 108 valence electrons. The van der Waals surface area contributed by atoms with Crippen LogP contribution < -0.4 is 15.2 Å².